The van der Waals surface area contributed by atoms with E-state index in [1.807, 2.05) is 12.1 Å². The summed E-state index contributed by atoms with van der Waals surface area (Å²) < 4.78 is 26.8. The van der Waals surface area contributed by atoms with Gasteiger partial charge >= 0.3 is 0 Å². The van der Waals surface area contributed by atoms with Gasteiger partial charge < -0.3 is 0 Å². The summed E-state index contributed by atoms with van der Waals surface area (Å²) in [5, 5.41) is 3.37. The third-order valence-electron chi connectivity index (χ3n) is 5.23. The molecule has 1 amide bonds. The Labute approximate surface area is 201 Å². The Morgan fingerprint density at radius 2 is 1.72 bits per heavy atom. The average Bonchev–Trinajstić information content (AvgIpc) is 3.22. The number of nitrogens with one attached hydrogen (secondary N) is 1. The van der Waals surface area contributed by atoms with Crippen molar-refractivity contribution in [2.45, 2.75) is 17.7 Å². The van der Waals surface area contributed by atoms with Gasteiger partial charge in [0.1, 0.15) is 0 Å². The number of benzene rings is 2. The minimum absolute atomic E-state index is 0.0885. The Morgan fingerprint density at radius 1 is 1.03 bits per heavy atom. The molecule has 6 nitrogen and oxygen atoms in total. The highest BCUT2D eigenvalue weighted by atomic mass is 35.5. The molecule has 0 spiro atoms. The molecule has 0 fully saturated rings. The molecule has 1 aliphatic carbocycles. The fraction of sp³-hybridized carbons (Fsp3) is 0.273. The molecule has 1 aromatic heterocycles. The molecule has 168 valence electrons. The Bertz CT molecular complexity index is 1220. The van der Waals surface area contributed by atoms with Gasteiger partial charge in [0.05, 0.1) is 10.6 Å². The van der Waals surface area contributed by atoms with Crippen molar-refractivity contribution >= 4 is 55.6 Å². The first-order valence-corrected chi connectivity index (χ1v) is 13.4. The summed E-state index contributed by atoms with van der Waals surface area (Å²) >= 11 is 12.9. The van der Waals surface area contributed by atoms with Gasteiger partial charge in [-0.2, -0.15) is 4.31 Å². The number of alkyl halides is 2. The Balaban J connectivity index is 1.50. The van der Waals surface area contributed by atoms with Crippen molar-refractivity contribution < 1.29 is 13.2 Å². The number of carbonyl (C=O) groups is 1. The lowest BCUT2D eigenvalue weighted by molar-refractivity contribution is 0.102. The normalized spacial score (nSPS) is 13.0. The number of hydrogen-bond donors (Lipinski definition) is 1. The number of rotatable bonds is 8. The zero-order valence-corrected chi connectivity index (χ0v) is 20.2. The third kappa shape index (κ3) is 4.70. The van der Waals surface area contributed by atoms with Crippen molar-refractivity contribution in [3.63, 3.8) is 0 Å². The van der Waals surface area contributed by atoms with Crippen LogP contribution in [0.3, 0.4) is 0 Å². The highest BCUT2D eigenvalue weighted by molar-refractivity contribution is 7.89. The van der Waals surface area contributed by atoms with E-state index >= 15 is 0 Å². The standard InChI is InChI=1S/C22H21Cl2N3O3S2/c23-11-13-27(14-12-24)32(29,30)17-8-5-16(6-9-17)21(28)26-22-25-20-18-4-2-1-3-15(18)7-10-19(20)31-22/h1-6,8-9H,7,10-14H2,(H,25,26,28). The van der Waals surface area contributed by atoms with Gasteiger partial charge in [0.15, 0.2) is 5.13 Å². The summed E-state index contributed by atoms with van der Waals surface area (Å²) in [6, 6.07) is 14.0. The minimum atomic E-state index is -3.73. The second-order valence-electron chi connectivity index (χ2n) is 7.21. The first-order chi connectivity index (χ1) is 15.4. The predicted octanol–water partition coefficient (Wildman–Crippen LogP) is 4.63. The number of nitrogens with zero attached hydrogens (tertiary/aromatic N) is 2. The molecule has 0 bridgehead atoms. The molecule has 0 unspecified atom stereocenters. The number of hydrogen-bond acceptors (Lipinski definition) is 5. The number of carbonyl (C=O) groups excluding carboxylic acids is 1. The number of sulfonamides is 1. The lowest BCUT2D eigenvalue weighted by atomic mass is 9.94. The molecule has 0 atom stereocenters. The number of thiazole rings is 1. The molecule has 0 saturated carbocycles. The molecule has 0 radical (unpaired) electrons. The summed E-state index contributed by atoms with van der Waals surface area (Å²) in [5.41, 5.74) is 3.64. The highest BCUT2D eigenvalue weighted by Crippen LogP contribution is 2.38. The largest absolute Gasteiger partial charge is 0.298 e. The molecule has 32 heavy (non-hydrogen) atoms. The molecule has 0 saturated heterocycles. The molecule has 1 aliphatic rings. The van der Waals surface area contributed by atoms with E-state index in [0.29, 0.717) is 10.7 Å². The molecular weight excluding hydrogens is 489 g/mol. The van der Waals surface area contributed by atoms with Crippen LogP contribution < -0.4 is 5.32 Å². The van der Waals surface area contributed by atoms with Crippen molar-refractivity contribution in [1.29, 1.82) is 0 Å². The minimum Gasteiger partial charge on any atom is -0.298 e. The maximum Gasteiger partial charge on any atom is 0.257 e. The first kappa shape index (κ1) is 23.2. The van der Waals surface area contributed by atoms with Crippen LogP contribution in [-0.4, -0.2) is 48.5 Å². The van der Waals surface area contributed by atoms with Gasteiger partial charge in [-0.15, -0.1) is 34.5 Å². The van der Waals surface area contributed by atoms with Crippen LogP contribution in [0.4, 0.5) is 5.13 Å². The second kappa shape index (κ2) is 9.89. The number of anilines is 1. The Kier molecular flexibility index (Phi) is 7.17. The lowest BCUT2D eigenvalue weighted by Crippen LogP contribution is -2.34. The van der Waals surface area contributed by atoms with Crippen LogP contribution >= 0.6 is 34.5 Å². The summed E-state index contributed by atoms with van der Waals surface area (Å²) in [5.74, 6) is -0.00992. The number of fused-ring (bicyclic) bond motifs is 3. The summed E-state index contributed by atoms with van der Waals surface area (Å²) in [6.45, 7) is 0.327. The molecule has 10 heteroatoms. The van der Waals surface area contributed by atoms with Crippen LogP contribution in [0.2, 0.25) is 0 Å². The molecule has 3 aromatic rings. The molecule has 4 rings (SSSR count). The predicted molar refractivity (Wildman–Crippen MR) is 130 cm³/mol. The fourth-order valence-electron chi connectivity index (χ4n) is 3.64. The van der Waals surface area contributed by atoms with Gasteiger partial charge in [-0.05, 0) is 42.7 Å². The van der Waals surface area contributed by atoms with Crippen LogP contribution in [0, 0.1) is 0 Å². The Hall–Kier alpha value is -1.97. The zero-order chi connectivity index (χ0) is 22.7. The van der Waals surface area contributed by atoms with E-state index in [4.69, 9.17) is 23.2 Å². The number of halogens is 2. The van der Waals surface area contributed by atoms with Crippen molar-refractivity contribution in [2.75, 3.05) is 30.2 Å². The van der Waals surface area contributed by atoms with Gasteiger partial charge in [-0.1, -0.05) is 24.3 Å². The van der Waals surface area contributed by atoms with E-state index in [2.05, 4.69) is 22.4 Å². The van der Waals surface area contributed by atoms with E-state index in [9.17, 15) is 13.2 Å². The van der Waals surface area contributed by atoms with Gasteiger partial charge in [-0.3, -0.25) is 10.1 Å². The molecule has 2 aromatic carbocycles. The van der Waals surface area contributed by atoms with Crippen molar-refractivity contribution in [3.8, 4) is 11.3 Å². The quantitative estimate of drug-likeness (QED) is 0.449. The van der Waals surface area contributed by atoms with E-state index < -0.39 is 10.0 Å². The monoisotopic (exact) mass is 509 g/mol. The van der Waals surface area contributed by atoms with Crippen LogP contribution in [0.25, 0.3) is 11.3 Å². The zero-order valence-electron chi connectivity index (χ0n) is 17.1. The van der Waals surface area contributed by atoms with Crippen LogP contribution in [0.15, 0.2) is 53.4 Å². The summed E-state index contributed by atoms with van der Waals surface area (Å²) in [4.78, 5) is 18.6. The number of aryl methyl sites for hydroxylation is 2. The molecular formula is C22H21Cl2N3O3S2. The first-order valence-electron chi connectivity index (χ1n) is 10.1. The number of amides is 1. The highest BCUT2D eigenvalue weighted by Gasteiger charge is 2.24. The lowest BCUT2D eigenvalue weighted by Gasteiger charge is -2.20. The van der Waals surface area contributed by atoms with E-state index in [1.165, 1.54) is 45.5 Å². The maximum atomic E-state index is 12.8. The van der Waals surface area contributed by atoms with Gasteiger partial charge in [0, 0.05) is 40.9 Å². The third-order valence-corrected chi connectivity index (χ3v) is 8.52. The average molecular weight is 510 g/mol. The summed E-state index contributed by atoms with van der Waals surface area (Å²) in [6.07, 6.45) is 1.85. The van der Waals surface area contributed by atoms with E-state index in [1.54, 1.807) is 0 Å². The summed E-state index contributed by atoms with van der Waals surface area (Å²) in [7, 11) is -3.73. The maximum absolute atomic E-state index is 12.8. The van der Waals surface area contributed by atoms with Crippen molar-refractivity contribution in [3.05, 3.63) is 64.5 Å². The van der Waals surface area contributed by atoms with Crippen LogP contribution in [-0.2, 0) is 22.9 Å². The topological polar surface area (TPSA) is 79.4 Å². The Morgan fingerprint density at radius 3 is 2.41 bits per heavy atom. The van der Waals surface area contributed by atoms with Crippen LogP contribution in [0.5, 0.6) is 0 Å². The van der Waals surface area contributed by atoms with Gasteiger partial charge in [0.2, 0.25) is 10.0 Å². The molecule has 0 aliphatic heterocycles. The van der Waals surface area contributed by atoms with E-state index in [-0.39, 0.29) is 35.7 Å². The SMILES string of the molecule is O=C(Nc1nc2c(s1)CCc1ccccc1-2)c1ccc(S(=O)(=O)N(CCCl)CCCl)cc1. The molecule has 1 heterocycles. The van der Waals surface area contributed by atoms with Crippen molar-refractivity contribution in [1.82, 2.24) is 9.29 Å². The smallest absolute Gasteiger partial charge is 0.257 e. The van der Waals surface area contributed by atoms with E-state index in [0.717, 1.165) is 29.0 Å². The fourth-order valence-corrected chi connectivity index (χ4v) is 6.66. The van der Waals surface area contributed by atoms with Gasteiger partial charge in [-0.25, -0.2) is 13.4 Å². The van der Waals surface area contributed by atoms with Crippen molar-refractivity contribution in [2.24, 2.45) is 0 Å². The second-order valence-corrected chi connectivity index (χ2v) is 11.0. The van der Waals surface area contributed by atoms with Crippen LogP contribution in [0.1, 0.15) is 20.8 Å². The number of aromatic nitrogens is 1. The van der Waals surface area contributed by atoms with Gasteiger partial charge in [0.25, 0.3) is 5.91 Å². The molecule has 1 N–H and O–H groups in total.